The van der Waals surface area contributed by atoms with Crippen LogP contribution in [0.3, 0.4) is 0 Å². The summed E-state index contributed by atoms with van der Waals surface area (Å²) in [5.74, 6) is 0.622. The van der Waals surface area contributed by atoms with Crippen molar-refractivity contribution in [3.63, 3.8) is 0 Å². The quantitative estimate of drug-likeness (QED) is 0.784. The van der Waals surface area contributed by atoms with Crippen LogP contribution in [0.4, 0.5) is 0 Å². The summed E-state index contributed by atoms with van der Waals surface area (Å²) < 4.78 is 5.58. The highest BCUT2D eigenvalue weighted by molar-refractivity contribution is 6.30. The molecule has 0 aliphatic heterocycles. The van der Waals surface area contributed by atoms with Crippen LogP contribution in [0.2, 0.25) is 5.15 Å². The highest BCUT2D eigenvalue weighted by Gasteiger charge is 2.29. The topological polar surface area (TPSA) is 35.0 Å². The summed E-state index contributed by atoms with van der Waals surface area (Å²) in [6, 6.07) is 9.99. The van der Waals surface area contributed by atoms with Crippen LogP contribution in [0.5, 0.6) is 0 Å². The fourth-order valence-corrected chi connectivity index (χ4v) is 2.17. The van der Waals surface area contributed by atoms with Crippen molar-refractivity contribution in [2.24, 2.45) is 0 Å². The lowest BCUT2D eigenvalue weighted by Crippen LogP contribution is -2.26. The van der Waals surface area contributed by atoms with E-state index in [-0.39, 0.29) is 0 Å². The molecule has 0 amide bonds. The minimum absolute atomic E-state index is 0.477. The van der Waals surface area contributed by atoms with Gasteiger partial charge < -0.3 is 4.74 Å². The molecule has 1 unspecified atom stereocenters. The molecule has 0 N–H and O–H groups in total. The Morgan fingerprint density at radius 1 is 1.20 bits per heavy atom. The molecule has 0 fully saturated rings. The average Bonchev–Trinajstić information content (AvgIpc) is 2.50. The lowest BCUT2D eigenvalue weighted by molar-refractivity contribution is -0.00890. The number of halogens is 1. The van der Waals surface area contributed by atoms with E-state index in [1.54, 1.807) is 7.11 Å². The highest BCUT2D eigenvalue weighted by atomic mass is 35.5. The molecule has 1 atom stereocenters. The third-order valence-corrected chi connectivity index (χ3v) is 4.10. The molecule has 0 saturated carbocycles. The number of ether oxygens (including phenoxy) is 1. The van der Waals surface area contributed by atoms with Crippen molar-refractivity contribution >= 4 is 11.6 Å². The molecule has 0 spiro atoms. The van der Waals surface area contributed by atoms with E-state index < -0.39 is 5.60 Å². The van der Waals surface area contributed by atoms with Crippen molar-refractivity contribution in [1.29, 1.82) is 0 Å². The summed E-state index contributed by atoms with van der Waals surface area (Å²) in [4.78, 5) is 9.10. The standard InChI is InChI=1S/C16H19ClN2O/c1-5-16(3,20-4)15-18-13(11(2)14(17)19-15)12-9-7-6-8-10-12/h6-10H,5H2,1-4H3. The summed E-state index contributed by atoms with van der Waals surface area (Å²) in [5, 5.41) is 0.477. The SMILES string of the molecule is CCC(C)(OC)c1nc(Cl)c(C)c(-c2ccccc2)n1. The molecule has 0 bridgehead atoms. The van der Waals surface area contributed by atoms with Gasteiger partial charge in [0.05, 0.1) is 5.69 Å². The fourth-order valence-electron chi connectivity index (χ4n) is 2.00. The van der Waals surface area contributed by atoms with Crippen LogP contribution in [0.1, 0.15) is 31.7 Å². The van der Waals surface area contributed by atoms with Gasteiger partial charge in [-0.3, -0.25) is 0 Å². The van der Waals surface area contributed by atoms with Gasteiger partial charge in [0.2, 0.25) is 0 Å². The van der Waals surface area contributed by atoms with Crippen LogP contribution in [0.25, 0.3) is 11.3 Å². The number of hydrogen-bond donors (Lipinski definition) is 0. The molecule has 4 heteroatoms. The van der Waals surface area contributed by atoms with Gasteiger partial charge in [-0.2, -0.15) is 0 Å². The van der Waals surface area contributed by atoms with E-state index in [4.69, 9.17) is 21.3 Å². The maximum absolute atomic E-state index is 6.28. The van der Waals surface area contributed by atoms with Crippen LogP contribution in [0, 0.1) is 6.92 Å². The van der Waals surface area contributed by atoms with Gasteiger partial charge in [-0.1, -0.05) is 48.9 Å². The summed E-state index contributed by atoms with van der Waals surface area (Å²) in [6.45, 7) is 5.95. The Morgan fingerprint density at radius 3 is 2.40 bits per heavy atom. The normalized spacial score (nSPS) is 14.1. The van der Waals surface area contributed by atoms with Crippen LogP contribution in [-0.4, -0.2) is 17.1 Å². The monoisotopic (exact) mass is 290 g/mol. The summed E-state index contributed by atoms with van der Waals surface area (Å²) in [6.07, 6.45) is 0.775. The summed E-state index contributed by atoms with van der Waals surface area (Å²) in [5.41, 5.74) is 2.25. The molecule has 2 aromatic rings. The number of hydrogen-bond acceptors (Lipinski definition) is 3. The van der Waals surface area contributed by atoms with Gasteiger partial charge in [-0.05, 0) is 20.3 Å². The molecule has 106 valence electrons. The Bertz CT molecular complexity index is 595. The molecule has 0 aliphatic carbocycles. The molecule has 1 aromatic heterocycles. The third-order valence-electron chi connectivity index (χ3n) is 3.73. The first-order valence-corrected chi connectivity index (χ1v) is 7.05. The number of nitrogens with zero attached hydrogens (tertiary/aromatic N) is 2. The van der Waals surface area contributed by atoms with E-state index >= 15 is 0 Å². The van der Waals surface area contributed by atoms with Crippen LogP contribution in [0.15, 0.2) is 30.3 Å². The summed E-state index contributed by atoms with van der Waals surface area (Å²) in [7, 11) is 1.67. The zero-order valence-electron chi connectivity index (χ0n) is 12.3. The van der Waals surface area contributed by atoms with Gasteiger partial charge >= 0.3 is 0 Å². The van der Waals surface area contributed by atoms with E-state index in [9.17, 15) is 0 Å². The van der Waals surface area contributed by atoms with Crippen molar-refractivity contribution in [2.45, 2.75) is 32.8 Å². The Morgan fingerprint density at radius 2 is 1.85 bits per heavy atom. The van der Waals surface area contributed by atoms with Crippen molar-refractivity contribution in [2.75, 3.05) is 7.11 Å². The van der Waals surface area contributed by atoms with Crippen molar-refractivity contribution < 1.29 is 4.74 Å². The number of methoxy groups -OCH3 is 1. The minimum atomic E-state index is -0.527. The maximum atomic E-state index is 6.28. The maximum Gasteiger partial charge on any atom is 0.162 e. The van der Waals surface area contributed by atoms with Crippen LogP contribution < -0.4 is 0 Å². The second-order valence-corrected chi connectivity index (χ2v) is 5.32. The fraction of sp³-hybridized carbons (Fsp3) is 0.375. The van der Waals surface area contributed by atoms with Gasteiger partial charge in [0.15, 0.2) is 5.82 Å². The van der Waals surface area contributed by atoms with E-state index in [1.807, 2.05) is 51.1 Å². The van der Waals surface area contributed by atoms with Gasteiger partial charge in [-0.25, -0.2) is 9.97 Å². The van der Waals surface area contributed by atoms with Gasteiger partial charge in [-0.15, -0.1) is 0 Å². The first-order chi connectivity index (χ1) is 9.51. The zero-order chi connectivity index (χ0) is 14.8. The van der Waals surface area contributed by atoms with Crippen LogP contribution >= 0.6 is 11.6 Å². The van der Waals surface area contributed by atoms with Gasteiger partial charge in [0, 0.05) is 18.2 Å². The third kappa shape index (κ3) is 2.69. The molecule has 0 aliphatic rings. The largest absolute Gasteiger partial charge is 0.371 e. The second kappa shape index (κ2) is 5.90. The number of benzene rings is 1. The lowest BCUT2D eigenvalue weighted by Gasteiger charge is -2.26. The average molecular weight is 291 g/mol. The van der Waals surface area contributed by atoms with Gasteiger partial charge in [0.1, 0.15) is 10.8 Å². The molecule has 2 rings (SSSR count). The molecular weight excluding hydrogens is 272 g/mol. The molecule has 0 saturated heterocycles. The molecule has 1 aromatic carbocycles. The van der Waals surface area contributed by atoms with E-state index in [0.29, 0.717) is 11.0 Å². The van der Waals surface area contributed by atoms with E-state index in [0.717, 1.165) is 23.2 Å². The predicted octanol–water partition coefficient (Wildman–Crippen LogP) is 4.38. The second-order valence-electron chi connectivity index (χ2n) is 4.97. The molecule has 1 heterocycles. The molecular formula is C16H19ClN2O. The lowest BCUT2D eigenvalue weighted by atomic mass is 10.0. The molecule has 0 radical (unpaired) electrons. The van der Waals surface area contributed by atoms with Crippen molar-refractivity contribution in [3.05, 3.63) is 46.9 Å². The molecule has 20 heavy (non-hydrogen) atoms. The Hall–Kier alpha value is -1.45. The minimum Gasteiger partial charge on any atom is -0.371 e. The van der Waals surface area contributed by atoms with Crippen molar-refractivity contribution in [1.82, 2.24) is 9.97 Å². The predicted molar refractivity (Wildman–Crippen MR) is 81.9 cm³/mol. The van der Waals surface area contributed by atoms with Crippen LogP contribution in [-0.2, 0) is 10.3 Å². The zero-order valence-corrected chi connectivity index (χ0v) is 13.0. The smallest absolute Gasteiger partial charge is 0.162 e. The Kier molecular flexibility index (Phi) is 4.41. The van der Waals surface area contributed by atoms with E-state index in [2.05, 4.69) is 4.98 Å². The summed E-state index contributed by atoms with van der Waals surface area (Å²) >= 11 is 6.28. The Labute approximate surface area is 125 Å². The molecule has 3 nitrogen and oxygen atoms in total. The van der Waals surface area contributed by atoms with Gasteiger partial charge in [0.25, 0.3) is 0 Å². The number of rotatable bonds is 4. The van der Waals surface area contributed by atoms with Crippen molar-refractivity contribution in [3.8, 4) is 11.3 Å². The first kappa shape index (κ1) is 14.9. The number of aromatic nitrogens is 2. The Balaban J connectivity index is 2.62. The first-order valence-electron chi connectivity index (χ1n) is 6.67. The van der Waals surface area contributed by atoms with E-state index in [1.165, 1.54) is 0 Å². The highest BCUT2D eigenvalue weighted by Crippen LogP contribution is 2.31.